The normalized spacial score (nSPS) is 12.2. The number of carboxylic acid groups (broad SMARTS) is 2. The Labute approximate surface area is 596 Å². The molecule has 6 atom stereocenters. The van der Waals surface area contributed by atoms with Crippen molar-refractivity contribution in [3.8, 4) is 23.0 Å². The Bertz CT molecular complexity index is 3340. The third kappa shape index (κ3) is 37.6. The van der Waals surface area contributed by atoms with Gasteiger partial charge in [0.2, 0.25) is 59.1 Å². The molecule has 0 aliphatic heterocycles. The summed E-state index contributed by atoms with van der Waals surface area (Å²) in [7, 11) is 0. The number of amides is 10. The number of phenols is 4. The average Bonchev–Trinajstić information content (AvgIpc) is 0.841. The van der Waals surface area contributed by atoms with Crippen LogP contribution < -0.4 is 53.2 Å². The minimum Gasteiger partial charge on any atom is -0.504 e. The predicted molar refractivity (Wildman–Crippen MR) is 367 cm³/mol. The van der Waals surface area contributed by atoms with Gasteiger partial charge in [-0.05, 0) is 70.4 Å². The Morgan fingerprint density at radius 2 is 0.702 bits per heavy atom. The highest BCUT2D eigenvalue weighted by Gasteiger charge is 2.34. The first kappa shape index (κ1) is 86.4. The maximum Gasteiger partial charge on any atom is 0.305 e. The van der Waals surface area contributed by atoms with Crippen LogP contribution in [-0.4, -0.2) is 230 Å². The zero-order chi connectivity index (χ0) is 76.6. The topological polar surface area (TPSA) is 581 Å². The predicted octanol–water partition coefficient (Wildman–Crippen LogP) is -0.404. The number of benzene rings is 4. The van der Waals surface area contributed by atoms with Crippen molar-refractivity contribution >= 4 is 71.0 Å². The summed E-state index contributed by atoms with van der Waals surface area (Å²) in [4.78, 5) is 158. The van der Waals surface area contributed by atoms with Gasteiger partial charge in [0.05, 0.1) is 78.5 Å². The van der Waals surface area contributed by atoms with Gasteiger partial charge in [-0.15, -0.1) is 0 Å². The summed E-state index contributed by atoms with van der Waals surface area (Å²) in [5.74, 6) is -11.6. The number of ether oxygens (including phenoxy) is 4. The van der Waals surface area contributed by atoms with E-state index in [2.05, 4.69) is 73.2 Å². The first-order valence-electron chi connectivity index (χ1n) is 32.5. The van der Waals surface area contributed by atoms with Crippen molar-refractivity contribution in [1.82, 2.24) is 53.2 Å². The number of aromatic hydroxyl groups is 4. The number of azide groups is 2. The number of hydrogen-bond donors (Lipinski definition) is 16. The number of rotatable bonds is 48. The molecule has 0 fully saturated rings. The molecular formula is C66H88N16O22. The highest BCUT2D eigenvalue weighted by Crippen LogP contribution is 2.26. The lowest BCUT2D eigenvalue weighted by atomic mass is 10.0. The summed E-state index contributed by atoms with van der Waals surface area (Å²) >= 11 is 0. The summed E-state index contributed by atoms with van der Waals surface area (Å²) in [6, 6.07) is 16.8. The Balaban J connectivity index is 0.000000540. The monoisotopic (exact) mass is 1460 g/mol. The van der Waals surface area contributed by atoms with Crippen molar-refractivity contribution in [3.63, 3.8) is 0 Å². The molecule has 10 amide bonds. The number of nitrogens with zero attached hydrogens (tertiary/aromatic N) is 6. The molecule has 0 heterocycles. The van der Waals surface area contributed by atoms with E-state index < -0.39 is 133 Å². The second-order valence-corrected chi connectivity index (χ2v) is 22.5. The van der Waals surface area contributed by atoms with Gasteiger partial charge >= 0.3 is 11.9 Å². The number of hydrogen-bond acceptors (Lipinski definition) is 22. The lowest BCUT2D eigenvalue weighted by Crippen LogP contribution is -2.58. The molecule has 0 bridgehead atoms. The molecule has 0 unspecified atom stereocenters. The van der Waals surface area contributed by atoms with E-state index in [9.17, 15) is 88.2 Å². The Kier molecular flexibility index (Phi) is 41.3. The number of phenolic OH excluding ortho intramolecular Hbond substituents is 4. The number of carboxylic acids is 2. The van der Waals surface area contributed by atoms with Gasteiger partial charge in [-0.1, -0.05) is 83.0 Å². The standard InChI is InChI=1S/2C33H44N8O11/c2*1-21(42)38-25(19-29(45)35-10-9-23-7-8-27(43)28(44)18-23)33(50)39-24(17-22-5-3-2-4-6-22)32(49)40-26(20-30(46)47)31(48)36-11-13-51-15-16-52-14-12-37-41-34/h2*2-8,18,24-26,43-44H,9-17,19-20H2,1H3,(H,35,45)(H,36,48)(H,38,42)(H,39,50)(H,40,49)(H,46,47)/t24-,25+,26+;24-,25-,26-/m10/s1. The molecule has 0 aromatic heterocycles. The third-order valence-corrected chi connectivity index (χ3v) is 14.2. The summed E-state index contributed by atoms with van der Waals surface area (Å²) in [5.41, 5.74) is 18.9. The van der Waals surface area contributed by atoms with Crippen molar-refractivity contribution in [2.45, 2.75) is 101 Å². The van der Waals surface area contributed by atoms with Gasteiger partial charge in [-0.3, -0.25) is 57.5 Å². The smallest absolute Gasteiger partial charge is 0.305 e. The number of carbonyl (C=O) groups is 12. The number of nitrogens with one attached hydrogen (secondary N) is 10. The van der Waals surface area contributed by atoms with Gasteiger partial charge in [-0.25, -0.2) is 0 Å². The van der Waals surface area contributed by atoms with Crippen molar-refractivity contribution in [2.24, 2.45) is 10.2 Å². The molecule has 38 heteroatoms. The van der Waals surface area contributed by atoms with Gasteiger partial charge in [0.15, 0.2) is 23.0 Å². The van der Waals surface area contributed by atoms with Crippen LogP contribution in [0.5, 0.6) is 23.0 Å². The Morgan fingerprint density at radius 1 is 0.375 bits per heavy atom. The largest absolute Gasteiger partial charge is 0.504 e. The van der Waals surface area contributed by atoms with Crippen molar-refractivity contribution < 1.29 is 107 Å². The van der Waals surface area contributed by atoms with Crippen molar-refractivity contribution in [3.05, 3.63) is 140 Å². The lowest BCUT2D eigenvalue weighted by molar-refractivity contribution is -0.141. The van der Waals surface area contributed by atoms with Crippen LogP contribution in [0.3, 0.4) is 0 Å². The molecule has 0 saturated heterocycles. The summed E-state index contributed by atoms with van der Waals surface area (Å²) < 4.78 is 21.1. The maximum absolute atomic E-state index is 13.5. The minimum absolute atomic E-state index is 0.0222. The van der Waals surface area contributed by atoms with Crippen LogP contribution in [0.25, 0.3) is 20.9 Å². The van der Waals surface area contributed by atoms with Crippen LogP contribution in [0.1, 0.15) is 61.8 Å². The van der Waals surface area contributed by atoms with E-state index in [4.69, 9.17) is 30.0 Å². The number of aliphatic carboxylic acids is 2. The van der Waals surface area contributed by atoms with Crippen LogP contribution in [0.2, 0.25) is 0 Å². The van der Waals surface area contributed by atoms with Crippen LogP contribution in [0.15, 0.2) is 107 Å². The van der Waals surface area contributed by atoms with Gasteiger partial charge in [0.1, 0.15) is 36.3 Å². The Hall–Kier alpha value is -11.8. The van der Waals surface area contributed by atoms with Gasteiger partial charge in [-0.2, -0.15) is 0 Å². The van der Waals surface area contributed by atoms with Crippen LogP contribution in [0, 0.1) is 0 Å². The fourth-order valence-corrected chi connectivity index (χ4v) is 9.22. The average molecular weight is 1460 g/mol. The SMILES string of the molecule is CC(=O)N[C@@H](CC(=O)NCCc1ccc(O)c(O)c1)C(=O)N[C@@H](Cc1ccccc1)C(=O)N[C@@H](CC(=O)O)C(=O)NCCOCCOCCN=[N+]=[N-].CC(=O)N[C@@H](CC(=O)NCCc1ccc(O)c(O)c1)C(=O)N[C@H](Cc1ccccc1)C(=O)N[C@@H](CC(=O)O)C(=O)NCCOCCOCCN=[N+]=[N-]. The molecule has 4 rings (SSSR count). The molecule has 104 heavy (non-hydrogen) atoms. The summed E-state index contributed by atoms with van der Waals surface area (Å²) in [6.07, 6.45) is -2.16. The highest BCUT2D eigenvalue weighted by molar-refractivity contribution is 5.98. The van der Waals surface area contributed by atoms with E-state index in [0.29, 0.717) is 22.3 Å². The van der Waals surface area contributed by atoms with E-state index >= 15 is 0 Å². The third-order valence-electron chi connectivity index (χ3n) is 14.2. The van der Waals surface area contributed by atoms with Gasteiger partial charge in [0.25, 0.3) is 0 Å². The Morgan fingerprint density at radius 3 is 1.03 bits per heavy atom. The summed E-state index contributed by atoms with van der Waals surface area (Å²) in [6.45, 7) is 4.08. The molecule has 0 radical (unpaired) electrons. The lowest BCUT2D eigenvalue weighted by Gasteiger charge is -2.25. The van der Waals surface area contributed by atoms with E-state index in [0.717, 1.165) is 13.8 Å². The van der Waals surface area contributed by atoms with Gasteiger partial charge in [0, 0.05) is 75.8 Å². The van der Waals surface area contributed by atoms with E-state index in [1.54, 1.807) is 72.8 Å². The fraction of sp³-hybridized carbons (Fsp3) is 0.455. The maximum atomic E-state index is 13.5. The van der Waals surface area contributed by atoms with E-state index in [-0.39, 0.29) is 141 Å². The molecule has 4 aromatic rings. The molecule has 0 aliphatic carbocycles. The first-order valence-corrected chi connectivity index (χ1v) is 32.5. The quantitative estimate of drug-likeness (QED) is 0.00879. The summed E-state index contributed by atoms with van der Waals surface area (Å²) in [5, 5.41) is 88.6. The number of carbonyl (C=O) groups excluding carboxylic acids is 10. The van der Waals surface area contributed by atoms with Crippen molar-refractivity contribution in [1.29, 1.82) is 0 Å². The van der Waals surface area contributed by atoms with Crippen LogP contribution in [-0.2, 0) is 102 Å². The highest BCUT2D eigenvalue weighted by atomic mass is 16.5. The molecular weight excluding hydrogens is 1370 g/mol. The fourth-order valence-electron chi connectivity index (χ4n) is 9.22. The second-order valence-electron chi connectivity index (χ2n) is 22.5. The molecule has 564 valence electrons. The molecule has 0 saturated carbocycles. The second kappa shape index (κ2) is 49.7. The zero-order valence-corrected chi connectivity index (χ0v) is 57.2. The molecule has 0 aliphatic rings. The van der Waals surface area contributed by atoms with Gasteiger partial charge < -0.3 is 103 Å². The molecule has 16 N–H and O–H groups in total. The van der Waals surface area contributed by atoms with Crippen molar-refractivity contribution in [2.75, 3.05) is 92.1 Å². The molecule has 38 nitrogen and oxygen atoms in total. The van der Waals surface area contributed by atoms with E-state index in [1.165, 1.54) is 24.3 Å². The molecule has 4 aromatic carbocycles. The van der Waals surface area contributed by atoms with E-state index in [1.807, 2.05) is 0 Å². The minimum atomic E-state index is -1.53. The van der Waals surface area contributed by atoms with Crippen LogP contribution in [0.4, 0.5) is 0 Å². The zero-order valence-electron chi connectivity index (χ0n) is 57.2. The van der Waals surface area contributed by atoms with Crippen LogP contribution >= 0.6 is 0 Å². The first-order chi connectivity index (χ1) is 49.8. The molecule has 0 spiro atoms.